The Balaban J connectivity index is 1.40. The van der Waals surface area contributed by atoms with E-state index in [2.05, 4.69) is 0 Å². The van der Waals surface area contributed by atoms with Crippen LogP contribution < -0.4 is 9.64 Å². The molecule has 1 amide bonds. The van der Waals surface area contributed by atoms with Crippen molar-refractivity contribution in [3.8, 4) is 17.0 Å². The van der Waals surface area contributed by atoms with Crippen LogP contribution in [0.1, 0.15) is 23.9 Å². The quantitative estimate of drug-likeness (QED) is 0.201. The predicted molar refractivity (Wildman–Crippen MR) is 158 cm³/mol. The highest BCUT2D eigenvalue weighted by molar-refractivity contribution is 7.86. The molecule has 1 aromatic heterocycles. The van der Waals surface area contributed by atoms with Crippen molar-refractivity contribution >= 4 is 32.8 Å². The lowest BCUT2D eigenvalue weighted by Gasteiger charge is -2.42. The standard InChI is InChI=1S/C31H33N3O6S/c1-22-5-13-28(14-6-22)41(37,38)40-19-3-4-26-21-33(31(35)36)17-18-34(26)25-10-7-23(8-11-25)29-15-9-24-20-27(39-2)12-16-30(24)32-29/h5-16,20,26H,3-4,17-19,21H2,1-2H3,(H,35,36)/i18T,21T2,26T. The molecule has 1 aliphatic rings. The molecule has 3 aromatic carbocycles. The number of nitrogens with zero attached hydrogens (tertiary/aromatic N) is 3. The number of carboxylic acid groups (broad SMARTS) is 1. The number of aromatic nitrogens is 1. The van der Waals surface area contributed by atoms with E-state index in [1.54, 1.807) is 43.5 Å². The van der Waals surface area contributed by atoms with Crippen molar-refractivity contribution in [2.45, 2.75) is 30.7 Å². The first kappa shape index (κ1) is 23.5. The summed E-state index contributed by atoms with van der Waals surface area (Å²) in [6.45, 7) is -3.13. The molecule has 4 aromatic rings. The number of rotatable bonds is 9. The highest BCUT2D eigenvalue weighted by atomic mass is 32.2. The zero-order chi connectivity index (χ0) is 32.6. The third-order valence-corrected chi connectivity index (χ3v) is 8.00. The van der Waals surface area contributed by atoms with Crippen LogP contribution in [0.25, 0.3) is 22.2 Å². The Morgan fingerprint density at radius 3 is 2.56 bits per heavy atom. The zero-order valence-corrected chi connectivity index (χ0v) is 23.5. The number of ether oxygens (including phenoxy) is 1. The number of carbonyl (C=O) groups is 1. The van der Waals surface area contributed by atoms with Gasteiger partial charge in [0.25, 0.3) is 10.1 Å². The molecule has 5 rings (SSSR count). The molecule has 0 aliphatic carbocycles. The summed E-state index contributed by atoms with van der Waals surface area (Å²) >= 11 is 0. The number of pyridine rings is 1. The Morgan fingerprint density at radius 2 is 1.85 bits per heavy atom. The number of methoxy groups -OCH3 is 1. The van der Waals surface area contributed by atoms with Crippen molar-refractivity contribution in [3.05, 3.63) is 84.4 Å². The molecule has 1 N–H and O–H groups in total. The maximum Gasteiger partial charge on any atom is 0.407 e. The number of fused-ring (bicyclic) bond motifs is 1. The fraction of sp³-hybridized carbons (Fsp3) is 0.290. The number of benzene rings is 3. The number of hydrogen-bond acceptors (Lipinski definition) is 7. The van der Waals surface area contributed by atoms with Gasteiger partial charge in [0.05, 0.1) is 35.3 Å². The minimum Gasteiger partial charge on any atom is -0.497 e. The van der Waals surface area contributed by atoms with Gasteiger partial charge in [0, 0.05) is 42.2 Å². The van der Waals surface area contributed by atoms with Crippen molar-refractivity contribution < 1.29 is 32.7 Å². The van der Waals surface area contributed by atoms with Gasteiger partial charge >= 0.3 is 6.09 Å². The molecule has 0 spiro atoms. The second-order valence-electron chi connectivity index (χ2n) is 9.50. The van der Waals surface area contributed by atoms with Gasteiger partial charge in [0.1, 0.15) is 5.75 Å². The van der Waals surface area contributed by atoms with Gasteiger partial charge in [0.2, 0.25) is 0 Å². The monoisotopic (exact) mass is 583 g/mol. The average molecular weight is 584 g/mol. The van der Waals surface area contributed by atoms with Crippen LogP contribution in [-0.4, -0.2) is 68.8 Å². The topological polar surface area (TPSA) is 109 Å². The Kier molecular flexibility index (Phi) is 6.98. The molecule has 1 aliphatic heterocycles. The Labute approximate surface area is 245 Å². The molecule has 10 heteroatoms. The summed E-state index contributed by atoms with van der Waals surface area (Å²) in [4.78, 5) is 18.4. The first-order valence-electron chi connectivity index (χ1n) is 15.1. The second-order valence-corrected chi connectivity index (χ2v) is 11.1. The number of hydrogen-bond donors (Lipinski definition) is 1. The number of anilines is 1. The van der Waals surface area contributed by atoms with Gasteiger partial charge in [-0.3, -0.25) is 4.18 Å². The first-order valence-corrected chi connectivity index (χ1v) is 14.4. The zero-order valence-electron chi connectivity index (χ0n) is 26.6. The van der Waals surface area contributed by atoms with Crippen LogP contribution in [0.4, 0.5) is 10.5 Å². The second kappa shape index (κ2) is 12.2. The van der Waals surface area contributed by atoms with Crippen molar-refractivity contribution in [1.29, 1.82) is 0 Å². The van der Waals surface area contributed by atoms with Crippen molar-refractivity contribution in [2.75, 3.05) is 38.2 Å². The third-order valence-electron chi connectivity index (χ3n) is 6.68. The fourth-order valence-electron chi connectivity index (χ4n) is 4.46. The largest absolute Gasteiger partial charge is 0.497 e. The van der Waals surface area contributed by atoms with E-state index in [-0.39, 0.29) is 24.3 Å². The van der Waals surface area contributed by atoms with Crippen molar-refractivity contribution in [2.24, 2.45) is 0 Å². The Bertz CT molecular complexity index is 1810. The van der Waals surface area contributed by atoms with Crippen LogP contribution >= 0.6 is 0 Å². The van der Waals surface area contributed by atoms with E-state index in [4.69, 9.17) is 18.0 Å². The molecule has 2 atom stereocenters. The molecular weight excluding hydrogens is 542 g/mol. The fourth-order valence-corrected chi connectivity index (χ4v) is 5.40. The van der Waals surface area contributed by atoms with Crippen LogP contribution in [0.5, 0.6) is 5.75 Å². The van der Waals surface area contributed by atoms with E-state index >= 15 is 0 Å². The van der Waals surface area contributed by atoms with Crippen molar-refractivity contribution in [1.82, 2.24) is 9.88 Å². The summed E-state index contributed by atoms with van der Waals surface area (Å²) in [5.41, 5.74) is 3.40. The molecule has 2 heterocycles. The Hall–Kier alpha value is -4.15. The van der Waals surface area contributed by atoms with E-state index in [1.807, 2.05) is 37.3 Å². The lowest BCUT2D eigenvalue weighted by atomic mass is 10.0. The van der Waals surface area contributed by atoms with Crippen LogP contribution in [0.3, 0.4) is 0 Å². The molecule has 1 saturated heterocycles. The van der Waals surface area contributed by atoms with Gasteiger partial charge in [0.15, 0.2) is 0 Å². The summed E-state index contributed by atoms with van der Waals surface area (Å²) in [5.74, 6) is 0.715. The Morgan fingerprint density at radius 1 is 1.10 bits per heavy atom. The highest BCUT2D eigenvalue weighted by Crippen LogP contribution is 2.28. The molecule has 214 valence electrons. The summed E-state index contributed by atoms with van der Waals surface area (Å²) in [5, 5.41) is 10.7. The molecule has 41 heavy (non-hydrogen) atoms. The normalized spacial score (nSPS) is 22.0. The molecule has 1 fully saturated rings. The van der Waals surface area contributed by atoms with Gasteiger partial charge in [-0.25, -0.2) is 9.78 Å². The number of amides is 1. The van der Waals surface area contributed by atoms with Gasteiger partial charge in [-0.2, -0.15) is 8.42 Å². The molecular formula is C31H33N3O6S. The maximum absolute atomic E-state index is 12.7. The number of piperazine rings is 1. The van der Waals surface area contributed by atoms with E-state index in [0.717, 1.165) is 22.0 Å². The highest BCUT2D eigenvalue weighted by Gasteiger charge is 2.29. The van der Waals surface area contributed by atoms with Gasteiger partial charge in [-0.1, -0.05) is 35.9 Å². The minimum atomic E-state index is -4.10. The third kappa shape index (κ3) is 6.61. The maximum atomic E-state index is 12.7. The van der Waals surface area contributed by atoms with Crippen LogP contribution in [0.15, 0.2) is 83.8 Å². The van der Waals surface area contributed by atoms with Crippen LogP contribution in [0, 0.1) is 6.92 Å². The van der Waals surface area contributed by atoms with Gasteiger partial charge < -0.3 is 19.6 Å². The minimum absolute atomic E-state index is 0.0349. The first-order chi connectivity index (χ1) is 21.3. The smallest absolute Gasteiger partial charge is 0.407 e. The van der Waals surface area contributed by atoms with Crippen molar-refractivity contribution in [3.63, 3.8) is 0 Å². The van der Waals surface area contributed by atoms with Crippen LogP contribution in [-0.2, 0) is 14.3 Å². The van der Waals surface area contributed by atoms with Gasteiger partial charge in [-0.15, -0.1) is 0 Å². The SMILES string of the molecule is [3H]C1CN(C(=O)O)C([3H])([3H])C([3H])(CCCOS(=O)(=O)c2ccc(C)cc2)N1c1ccc(-c2ccc3cc(OC)ccc3n2)cc1. The summed E-state index contributed by atoms with van der Waals surface area (Å²) in [6.07, 6.45) is -2.03. The number of aryl methyl sites for hydroxylation is 1. The molecule has 0 radical (unpaired) electrons. The molecule has 0 saturated carbocycles. The summed E-state index contributed by atoms with van der Waals surface area (Å²) in [6, 6.07) is 19.9. The molecule has 2 unspecified atom stereocenters. The lowest BCUT2D eigenvalue weighted by molar-refractivity contribution is 0.133. The average Bonchev–Trinajstić information content (AvgIpc) is 3.01. The summed E-state index contributed by atoms with van der Waals surface area (Å²) in [7, 11) is -2.51. The summed E-state index contributed by atoms with van der Waals surface area (Å²) < 4.78 is 71.3. The van der Waals surface area contributed by atoms with Crippen LogP contribution in [0.2, 0.25) is 0 Å². The molecule has 0 bridgehead atoms. The van der Waals surface area contributed by atoms with E-state index in [9.17, 15) is 19.7 Å². The lowest BCUT2D eigenvalue weighted by Crippen LogP contribution is -2.54. The van der Waals surface area contributed by atoms with E-state index in [1.165, 1.54) is 17.0 Å². The molecule has 9 nitrogen and oxygen atoms in total. The van der Waals surface area contributed by atoms with Gasteiger partial charge in [-0.05, 0) is 68.3 Å². The van der Waals surface area contributed by atoms with E-state index in [0.29, 0.717) is 22.0 Å². The van der Waals surface area contributed by atoms with E-state index < -0.39 is 41.8 Å². The predicted octanol–water partition coefficient (Wildman–Crippen LogP) is 5.57.